The van der Waals surface area contributed by atoms with Gasteiger partial charge < -0.3 is 10.1 Å². The molecule has 0 bridgehead atoms. The van der Waals surface area contributed by atoms with Crippen LogP contribution in [0.2, 0.25) is 0 Å². The zero-order valence-corrected chi connectivity index (χ0v) is 7.99. The zero-order valence-electron chi connectivity index (χ0n) is 7.99. The summed E-state index contributed by atoms with van der Waals surface area (Å²) < 4.78 is 5.31. The number of nitrogens with one attached hydrogen (secondary N) is 1. The average molecular weight is 191 g/mol. The number of hydrogen-bond donors (Lipinski definition) is 1. The van der Waals surface area contributed by atoms with Crippen molar-refractivity contribution in [2.45, 2.75) is 25.6 Å². The molecule has 74 valence electrons. The van der Waals surface area contributed by atoms with Crippen LogP contribution in [0, 0.1) is 0 Å². The lowest BCUT2D eigenvalue weighted by Crippen LogP contribution is -2.11. The van der Waals surface area contributed by atoms with E-state index in [-0.39, 0.29) is 0 Å². The van der Waals surface area contributed by atoms with Crippen molar-refractivity contribution in [2.75, 3.05) is 13.1 Å². The van der Waals surface area contributed by atoms with Crippen molar-refractivity contribution in [3.63, 3.8) is 0 Å². The van der Waals surface area contributed by atoms with E-state index in [1.165, 1.54) is 0 Å². The molecular formula is C10H13N3O. The molecule has 1 unspecified atom stereocenters. The van der Waals surface area contributed by atoms with Crippen molar-refractivity contribution >= 4 is 0 Å². The molecule has 2 aliphatic heterocycles. The Balaban J connectivity index is 1.91. The zero-order chi connectivity index (χ0) is 9.38. The predicted octanol–water partition coefficient (Wildman–Crippen LogP) is 0.584. The quantitative estimate of drug-likeness (QED) is 0.705. The minimum absolute atomic E-state index is 0.501. The number of aromatic nitrogens is 2. The minimum atomic E-state index is 0.501. The van der Waals surface area contributed by atoms with Gasteiger partial charge in [0.1, 0.15) is 5.82 Å². The van der Waals surface area contributed by atoms with E-state index in [0.29, 0.717) is 19.1 Å². The molecular weight excluding hydrogens is 178 g/mol. The molecule has 0 saturated carbocycles. The second-order valence-corrected chi connectivity index (χ2v) is 3.88. The van der Waals surface area contributed by atoms with Crippen molar-refractivity contribution in [1.82, 2.24) is 15.3 Å². The molecule has 2 aliphatic rings. The lowest BCUT2D eigenvalue weighted by molar-refractivity contribution is 0.133. The van der Waals surface area contributed by atoms with Gasteiger partial charge in [-0.15, -0.1) is 0 Å². The van der Waals surface area contributed by atoms with Crippen LogP contribution in [-0.4, -0.2) is 23.1 Å². The Hall–Kier alpha value is -1.00. The molecule has 1 fully saturated rings. The normalized spacial score (nSPS) is 25.3. The van der Waals surface area contributed by atoms with Gasteiger partial charge in [-0.25, -0.2) is 9.97 Å². The maximum absolute atomic E-state index is 5.31. The van der Waals surface area contributed by atoms with Gasteiger partial charge in [-0.2, -0.15) is 0 Å². The monoisotopic (exact) mass is 191 g/mol. The molecule has 0 radical (unpaired) electrons. The molecule has 3 heterocycles. The second kappa shape index (κ2) is 3.29. The van der Waals surface area contributed by atoms with Crippen molar-refractivity contribution in [3.05, 3.63) is 23.3 Å². The SMILES string of the molecule is c1nc(C2CCNC2)nc2c1COC2. The summed E-state index contributed by atoms with van der Waals surface area (Å²) in [6.45, 7) is 3.44. The maximum Gasteiger partial charge on any atom is 0.133 e. The van der Waals surface area contributed by atoms with Gasteiger partial charge in [0, 0.05) is 24.2 Å². The van der Waals surface area contributed by atoms with E-state index in [0.717, 1.165) is 36.6 Å². The number of rotatable bonds is 1. The Kier molecular flexibility index (Phi) is 1.96. The molecule has 14 heavy (non-hydrogen) atoms. The Morgan fingerprint density at radius 3 is 3.29 bits per heavy atom. The molecule has 0 spiro atoms. The maximum atomic E-state index is 5.31. The van der Waals surface area contributed by atoms with E-state index in [9.17, 15) is 0 Å². The third-order valence-electron chi connectivity index (χ3n) is 2.89. The molecule has 4 heteroatoms. The van der Waals surface area contributed by atoms with Crippen molar-refractivity contribution in [2.24, 2.45) is 0 Å². The summed E-state index contributed by atoms with van der Waals surface area (Å²) in [6, 6.07) is 0. The molecule has 1 aromatic heterocycles. The highest BCUT2D eigenvalue weighted by molar-refractivity contribution is 5.20. The molecule has 0 aromatic carbocycles. The van der Waals surface area contributed by atoms with E-state index in [1.54, 1.807) is 0 Å². The fourth-order valence-electron chi connectivity index (χ4n) is 2.03. The number of ether oxygens (including phenoxy) is 1. The van der Waals surface area contributed by atoms with Gasteiger partial charge >= 0.3 is 0 Å². The van der Waals surface area contributed by atoms with Gasteiger partial charge in [0.2, 0.25) is 0 Å². The van der Waals surface area contributed by atoms with E-state index >= 15 is 0 Å². The van der Waals surface area contributed by atoms with E-state index in [2.05, 4.69) is 15.3 Å². The van der Waals surface area contributed by atoms with Crippen LogP contribution in [-0.2, 0) is 18.0 Å². The van der Waals surface area contributed by atoms with Crippen LogP contribution in [0.15, 0.2) is 6.20 Å². The van der Waals surface area contributed by atoms with Crippen molar-refractivity contribution in [3.8, 4) is 0 Å². The summed E-state index contributed by atoms with van der Waals surface area (Å²) in [5.41, 5.74) is 2.24. The predicted molar refractivity (Wildman–Crippen MR) is 50.8 cm³/mol. The van der Waals surface area contributed by atoms with Gasteiger partial charge in [0.25, 0.3) is 0 Å². The molecule has 1 N–H and O–H groups in total. The number of nitrogens with zero attached hydrogens (tertiary/aromatic N) is 2. The van der Waals surface area contributed by atoms with Crippen LogP contribution in [0.3, 0.4) is 0 Å². The van der Waals surface area contributed by atoms with Gasteiger partial charge in [0.05, 0.1) is 18.9 Å². The van der Waals surface area contributed by atoms with E-state index in [4.69, 9.17) is 4.74 Å². The standard InChI is InChI=1S/C10H13N3O/c1-2-11-3-7(1)10-12-4-8-5-14-6-9(8)13-10/h4,7,11H,1-3,5-6H2. The summed E-state index contributed by atoms with van der Waals surface area (Å²) in [6.07, 6.45) is 3.07. The van der Waals surface area contributed by atoms with E-state index in [1.807, 2.05) is 6.20 Å². The topological polar surface area (TPSA) is 47.0 Å². The highest BCUT2D eigenvalue weighted by Gasteiger charge is 2.21. The minimum Gasteiger partial charge on any atom is -0.370 e. The first-order chi connectivity index (χ1) is 6.93. The van der Waals surface area contributed by atoms with Gasteiger partial charge in [-0.05, 0) is 13.0 Å². The first kappa shape index (κ1) is 8.32. The first-order valence-corrected chi connectivity index (χ1v) is 5.06. The lowest BCUT2D eigenvalue weighted by Gasteiger charge is -2.07. The fraction of sp³-hybridized carbons (Fsp3) is 0.600. The summed E-state index contributed by atoms with van der Waals surface area (Å²) in [5.74, 6) is 1.49. The molecule has 0 aliphatic carbocycles. The third-order valence-corrected chi connectivity index (χ3v) is 2.89. The third kappa shape index (κ3) is 1.31. The van der Waals surface area contributed by atoms with Crippen LogP contribution in [0.25, 0.3) is 0 Å². The molecule has 1 saturated heterocycles. The van der Waals surface area contributed by atoms with Gasteiger partial charge in [0.15, 0.2) is 0 Å². The molecule has 4 nitrogen and oxygen atoms in total. The molecule has 1 atom stereocenters. The smallest absolute Gasteiger partial charge is 0.133 e. The Labute approximate surface area is 82.7 Å². The summed E-state index contributed by atoms with van der Waals surface area (Å²) in [4.78, 5) is 8.96. The van der Waals surface area contributed by atoms with Crippen LogP contribution >= 0.6 is 0 Å². The van der Waals surface area contributed by atoms with Crippen LogP contribution < -0.4 is 5.32 Å². The second-order valence-electron chi connectivity index (χ2n) is 3.88. The summed E-state index contributed by atoms with van der Waals surface area (Å²) >= 11 is 0. The lowest BCUT2D eigenvalue weighted by atomic mass is 10.1. The highest BCUT2D eigenvalue weighted by atomic mass is 16.5. The fourth-order valence-corrected chi connectivity index (χ4v) is 2.03. The highest BCUT2D eigenvalue weighted by Crippen LogP contribution is 2.22. The average Bonchev–Trinajstić information content (AvgIpc) is 2.88. The largest absolute Gasteiger partial charge is 0.370 e. The molecule has 0 amide bonds. The molecule has 3 rings (SSSR count). The molecule has 1 aromatic rings. The van der Waals surface area contributed by atoms with Crippen LogP contribution in [0.4, 0.5) is 0 Å². The van der Waals surface area contributed by atoms with Gasteiger partial charge in [-0.1, -0.05) is 0 Å². The van der Waals surface area contributed by atoms with Crippen LogP contribution in [0.5, 0.6) is 0 Å². The summed E-state index contributed by atoms with van der Waals surface area (Å²) in [5, 5.41) is 3.33. The van der Waals surface area contributed by atoms with E-state index < -0.39 is 0 Å². The van der Waals surface area contributed by atoms with Crippen LogP contribution in [0.1, 0.15) is 29.4 Å². The Bertz CT molecular complexity index is 347. The summed E-state index contributed by atoms with van der Waals surface area (Å²) in [7, 11) is 0. The van der Waals surface area contributed by atoms with Gasteiger partial charge in [-0.3, -0.25) is 0 Å². The first-order valence-electron chi connectivity index (χ1n) is 5.06. The Morgan fingerprint density at radius 2 is 2.43 bits per heavy atom. The van der Waals surface area contributed by atoms with Crippen molar-refractivity contribution in [1.29, 1.82) is 0 Å². The Morgan fingerprint density at radius 1 is 1.43 bits per heavy atom. The number of hydrogen-bond acceptors (Lipinski definition) is 4. The van der Waals surface area contributed by atoms with Crippen molar-refractivity contribution < 1.29 is 4.74 Å². The number of fused-ring (bicyclic) bond motifs is 1.